The molecule has 0 radical (unpaired) electrons. The Bertz CT molecular complexity index is 1330. The third-order valence-electron chi connectivity index (χ3n) is 7.10. The van der Waals surface area contributed by atoms with Crippen molar-refractivity contribution in [2.45, 2.75) is 45.7 Å². The topological polar surface area (TPSA) is 113 Å². The third-order valence-corrected chi connectivity index (χ3v) is 7.10. The van der Waals surface area contributed by atoms with E-state index in [1.165, 1.54) is 0 Å². The standard InChI is InChI=1S/C29H36N4O5/c1-19-17-33(26-16-23(29(37)30-3)9-10-24(19)26)20(2)28(36)31-25-15-21(18-32-11-13-38-14-12-32)7-8-22(25)5-4-6-27(34)35/h7-10,15-17,20H,4-6,11-14,18H2,1-3H3,(H,30,37)(H,31,36)(H,34,35). The van der Waals surface area contributed by atoms with E-state index in [0.717, 1.165) is 47.2 Å². The maximum Gasteiger partial charge on any atom is 0.303 e. The minimum absolute atomic E-state index is 0.0711. The molecule has 1 aliphatic heterocycles. The van der Waals surface area contributed by atoms with Crippen LogP contribution in [0.3, 0.4) is 0 Å². The number of aryl methyl sites for hydroxylation is 2. The molecule has 0 saturated carbocycles. The van der Waals surface area contributed by atoms with Crippen molar-refractivity contribution in [3.8, 4) is 0 Å². The molecule has 0 spiro atoms. The second-order valence-electron chi connectivity index (χ2n) is 9.82. The zero-order valence-corrected chi connectivity index (χ0v) is 22.3. The van der Waals surface area contributed by atoms with Crippen molar-refractivity contribution in [3.05, 3.63) is 64.8 Å². The first-order valence-corrected chi connectivity index (χ1v) is 13.0. The molecule has 0 aliphatic carbocycles. The van der Waals surface area contributed by atoms with Crippen LogP contribution in [0.25, 0.3) is 10.9 Å². The van der Waals surface area contributed by atoms with E-state index in [0.29, 0.717) is 37.3 Å². The molecule has 38 heavy (non-hydrogen) atoms. The summed E-state index contributed by atoms with van der Waals surface area (Å²) in [5.74, 6) is -1.20. The number of anilines is 1. The van der Waals surface area contributed by atoms with Crippen LogP contribution in [0.2, 0.25) is 0 Å². The average Bonchev–Trinajstić information content (AvgIpc) is 3.24. The number of fused-ring (bicyclic) bond motifs is 1. The minimum atomic E-state index is -0.834. The molecule has 0 bridgehead atoms. The summed E-state index contributed by atoms with van der Waals surface area (Å²) in [5, 5.41) is 15.8. The lowest BCUT2D eigenvalue weighted by atomic mass is 10.0. The fraction of sp³-hybridized carbons (Fsp3) is 0.414. The Morgan fingerprint density at radius 1 is 1.11 bits per heavy atom. The number of hydrogen-bond acceptors (Lipinski definition) is 5. The van der Waals surface area contributed by atoms with Gasteiger partial charge in [0.25, 0.3) is 5.91 Å². The molecule has 3 N–H and O–H groups in total. The van der Waals surface area contributed by atoms with E-state index in [1.807, 2.05) is 54.9 Å². The van der Waals surface area contributed by atoms with Gasteiger partial charge in [-0.25, -0.2) is 0 Å². The van der Waals surface area contributed by atoms with E-state index < -0.39 is 12.0 Å². The lowest BCUT2D eigenvalue weighted by Crippen LogP contribution is -2.35. The first-order chi connectivity index (χ1) is 18.3. The van der Waals surface area contributed by atoms with Gasteiger partial charge >= 0.3 is 5.97 Å². The summed E-state index contributed by atoms with van der Waals surface area (Å²) >= 11 is 0. The van der Waals surface area contributed by atoms with Crippen LogP contribution in [0.15, 0.2) is 42.6 Å². The number of nitrogens with zero attached hydrogens (tertiary/aromatic N) is 2. The zero-order chi connectivity index (χ0) is 27.2. The lowest BCUT2D eigenvalue weighted by Gasteiger charge is -2.27. The highest BCUT2D eigenvalue weighted by molar-refractivity contribution is 6.00. The summed E-state index contributed by atoms with van der Waals surface area (Å²) in [7, 11) is 1.59. The normalized spacial score (nSPS) is 14.8. The van der Waals surface area contributed by atoms with Gasteiger partial charge in [0, 0.05) is 61.5 Å². The molecule has 2 heterocycles. The molecular weight excluding hydrogens is 484 g/mol. The van der Waals surface area contributed by atoms with Crippen molar-refractivity contribution < 1.29 is 24.2 Å². The average molecular weight is 521 g/mol. The molecule has 1 aliphatic rings. The minimum Gasteiger partial charge on any atom is -0.481 e. The van der Waals surface area contributed by atoms with Crippen LogP contribution < -0.4 is 10.6 Å². The van der Waals surface area contributed by atoms with Crippen molar-refractivity contribution in [2.75, 3.05) is 38.7 Å². The maximum absolute atomic E-state index is 13.5. The van der Waals surface area contributed by atoms with Crippen molar-refractivity contribution in [3.63, 3.8) is 0 Å². The molecule has 1 fully saturated rings. The molecule has 1 saturated heterocycles. The Hall–Kier alpha value is -3.69. The Balaban J connectivity index is 1.59. The Morgan fingerprint density at radius 2 is 1.87 bits per heavy atom. The number of ether oxygens (including phenoxy) is 1. The van der Waals surface area contributed by atoms with E-state index in [4.69, 9.17) is 9.84 Å². The highest BCUT2D eigenvalue weighted by Crippen LogP contribution is 2.28. The van der Waals surface area contributed by atoms with Crippen molar-refractivity contribution >= 4 is 34.4 Å². The lowest BCUT2D eigenvalue weighted by molar-refractivity contribution is -0.137. The maximum atomic E-state index is 13.5. The van der Waals surface area contributed by atoms with Crippen LogP contribution in [0, 0.1) is 6.92 Å². The van der Waals surface area contributed by atoms with E-state index in [1.54, 1.807) is 13.1 Å². The van der Waals surface area contributed by atoms with Crippen LogP contribution in [0.5, 0.6) is 0 Å². The van der Waals surface area contributed by atoms with Gasteiger partial charge in [-0.05, 0) is 61.6 Å². The molecule has 1 aromatic heterocycles. The predicted molar refractivity (Wildman–Crippen MR) is 147 cm³/mol. The van der Waals surface area contributed by atoms with Crippen molar-refractivity contribution in [1.29, 1.82) is 0 Å². The van der Waals surface area contributed by atoms with Gasteiger partial charge in [-0.2, -0.15) is 0 Å². The van der Waals surface area contributed by atoms with E-state index in [2.05, 4.69) is 15.5 Å². The summed E-state index contributed by atoms with van der Waals surface area (Å²) < 4.78 is 7.35. The Kier molecular flexibility index (Phi) is 8.81. The molecule has 4 rings (SSSR count). The summed E-state index contributed by atoms with van der Waals surface area (Å²) in [6, 6.07) is 11.0. The number of benzene rings is 2. The van der Waals surface area contributed by atoms with Crippen LogP contribution in [-0.4, -0.2) is 65.7 Å². The number of nitrogens with one attached hydrogen (secondary N) is 2. The molecule has 1 unspecified atom stereocenters. The van der Waals surface area contributed by atoms with Gasteiger partial charge in [-0.1, -0.05) is 18.2 Å². The number of carbonyl (C=O) groups is 3. The smallest absolute Gasteiger partial charge is 0.303 e. The summed E-state index contributed by atoms with van der Waals surface area (Å²) in [6.07, 6.45) is 3.04. The molecule has 9 nitrogen and oxygen atoms in total. The predicted octanol–water partition coefficient (Wildman–Crippen LogP) is 3.75. The fourth-order valence-electron chi connectivity index (χ4n) is 4.90. The molecule has 202 valence electrons. The molecule has 2 aromatic carbocycles. The van der Waals surface area contributed by atoms with Crippen molar-refractivity contribution in [2.24, 2.45) is 0 Å². The van der Waals surface area contributed by atoms with E-state index in [9.17, 15) is 14.4 Å². The summed E-state index contributed by atoms with van der Waals surface area (Å²) in [4.78, 5) is 39.1. The summed E-state index contributed by atoms with van der Waals surface area (Å²) in [6.45, 7) is 7.71. The Morgan fingerprint density at radius 3 is 2.58 bits per heavy atom. The molecule has 9 heteroatoms. The second-order valence-corrected chi connectivity index (χ2v) is 9.82. The Labute approximate surface area is 222 Å². The van der Waals surface area contributed by atoms with Gasteiger partial charge in [0.1, 0.15) is 6.04 Å². The van der Waals surface area contributed by atoms with Gasteiger partial charge < -0.3 is 25.0 Å². The number of carboxylic acids is 1. The van der Waals surface area contributed by atoms with Gasteiger partial charge in [0.15, 0.2) is 0 Å². The zero-order valence-electron chi connectivity index (χ0n) is 22.3. The summed E-state index contributed by atoms with van der Waals surface area (Å²) in [5.41, 5.74) is 5.06. The van der Waals surface area contributed by atoms with Gasteiger partial charge in [0.05, 0.1) is 13.2 Å². The fourth-order valence-corrected chi connectivity index (χ4v) is 4.90. The SMILES string of the molecule is CNC(=O)c1ccc2c(C)cn(C(C)C(=O)Nc3cc(CN4CCOCC4)ccc3CCCC(=O)O)c2c1. The molecular formula is C29H36N4O5. The molecule has 1 atom stereocenters. The van der Waals surface area contributed by atoms with E-state index >= 15 is 0 Å². The van der Waals surface area contributed by atoms with E-state index in [-0.39, 0.29) is 18.2 Å². The number of carbonyl (C=O) groups excluding carboxylic acids is 2. The number of aromatic nitrogens is 1. The van der Waals surface area contributed by atoms with Gasteiger partial charge in [-0.3, -0.25) is 19.3 Å². The number of morpholine rings is 1. The first kappa shape index (κ1) is 27.3. The monoisotopic (exact) mass is 520 g/mol. The highest BCUT2D eigenvalue weighted by Gasteiger charge is 2.21. The van der Waals surface area contributed by atoms with Crippen molar-refractivity contribution in [1.82, 2.24) is 14.8 Å². The van der Waals surface area contributed by atoms with Gasteiger partial charge in [-0.15, -0.1) is 0 Å². The number of hydrogen-bond donors (Lipinski definition) is 3. The number of carboxylic acid groups (broad SMARTS) is 1. The first-order valence-electron chi connectivity index (χ1n) is 13.0. The van der Waals surface area contributed by atoms with Crippen LogP contribution >= 0.6 is 0 Å². The highest BCUT2D eigenvalue weighted by atomic mass is 16.5. The molecule has 3 aromatic rings. The van der Waals surface area contributed by atoms with Crippen LogP contribution in [0.4, 0.5) is 5.69 Å². The number of amides is 2. The number of rotatable bonds is 10. The van der Waals surface area contributed by atoms with Crippen LogP contribution in [-0.2, 0) is 27.3 Å². The largest absolute Gasteiger partial charge is 0.481 e. The second kappa shape index (κ2) is 12.2. The van der Waals surface area contributed by atoms with Gasteiger partial charge in [0.2, 0.25) is 5.91 Å². The molecule has 2 amide bonds. The van der Waals surface area contributed by atoms with Crippen LogP contribution in [0.1, 0.15) is 52.9 Å². The quantitative estimate of drug-likeness (QED) is 0.375. The number of aliphatic carboxylic acids is 1. The third kappa shape index (κ3) is 6.41.